The predicted molar refractivity (Wildman–Crippen MR) is 297 cm³/mol. The van der Waals surface area contributed by atoms with E-state index in [2.05, 4.69) is 53.7 Å². The molecule has 0 N–H and O–H groups in total. The van der Waals surface area contributed by atoms with Crippen molar-refractivity contribution in [2.75, 3.05) is 0 Å². The van der Waals surface area contributed by atoms with E-state index < -0.39 is 10.8 Å². The van der Waals surface area contributed by atoms with Gasteiger partial charge in [-0.15, -0.1) is 0 Å². The average molecular weight is 1090 g/mol. The molecule has 0 spiro atoms. The standard InChI is InChI=1S/C62H92F2N4Se2/c1-7-11-15-19-23-27-31-35-39-61(40-36-32-28-24-20-16-12-8-2)47-43-45(5)57-59(67-69-65-57)49(47)51-53(61)55(63)52-50-48(44-46(6)58-60(50)68-70-66-58)62(54(52)56(51)64,41-37-33-29-25-21-17-13-9-3)42-38-34-30-26-22-18-14-10-4/h43-44H,7-42H2,1-6H3. The third kappa shape index (κ3) is 12.3. The van der Waals surface area contributed by atoms with Crippen LogP contribution in [0, 0.1) is 25.5 Å². The van der Waals surface area contributed by atoms with Gasteiger partial charge in [-0.05, 0) is 0 Å². The van der Waals surface area contributed by atoms with Crippen molar-refractivity contribution in [2.24, 2.45) is 0 Å². The van der Waals surface area contributed by atoms with Gasteiger partial charge in [0, 0.05) is 0 Å². The number of nitrogens with zero attached hydrogens (tertiary/aromatic N) is 4. The van der Waals surface area contributed by atoms with Gasteiger partial charge < -0.3 is 0 Å². The van der Waals surface area contributed by atoms with E-state index in [1.54, 1.807) is 0 Å². The van der Waals surface area contributed by atoms with E-state index >= 15 is 8.78 Å². The Morgan fingerprint density at radius 2 is 0.586 bits per heavy atom. The molecule has 0 saturated heterocycles. The summed E-state index contributed by atoms with van der Waals surface area (Å²) in [5.41, 5.74) is 10.8. The van der Waals surface area contributed by atoms with Crippen LogP contribution in [-0.2, 0) is 10.8 Å². The smallest absolute Gasteiger partial charge is 0.0654 e. The molecule has 3 aromatic carbocycles. The van der Waals surface area contributed by atoms with Crippen molar-refractivity contribution in [3.63, 3.8) is 0 Å². The topological polar surface area (TPSA) is 51.6 Å². The Morgan fingerprint density at radius 1 is 0.343 bits per heavy atom. The summed E-state index contributed by atoms with van der Waals surface area (Å²) in [7, 11) is 0. The van der Waals surface area contributed by atoms with Crippen LogP contribution in [0.5, 0.6) is 0 Å². The molecule has 2 heterocycles. The van der Waals surface area contributed by atoms with Crippen molar-refractivity contribution in [1.29, 1.82) is 0 Å². The van der Waals surface area contributed by atoms with Gasteiger partial charge in [0.15, 0.2) is 0 Å². The Morgan fingerprint density at radius 3 is 0.857 bits per heavy atom. The maximum atomic E-state index is 19.6. The Hall–Kier alpha value is -2.24. The van der Waals surface area contributed by atoms with E-state index in [9.17, 15) is 0 Å². The predicted octanol–water partition coefficient (Wildman–Crippen LogP) is 19.2. The van der Waals surface area contributed by atoms with E-state index in [4.69, 9.17) is 15.9 Å². The van der Waals surface area contributed by atoms with Gasteiger partial charge in [-0.1, -0.05) is 79.1 Å². The average Bonchev–Trinajstić information content (AvgIpc) is 4.16. The zero-order valence-corrected chi connectivity index (χ0v) is 48.4. The summed E-state index contributed by atoms with van der Waals surface area (Å²) >= 11 is -0.598. The third-order valence-electron chi connectivity index (χ3n) is 17.2. The monoisotopic (exact) mass is 1090 g/mol. The number of fused-ring (bicyclic) bond motifs is 10. The van der Waals surface area contributed by atoms with Crippen LogP contribution in [0.15, 0.2) is 12.1 Å². The van der Waals surface area contributed by atoms with Gasteiger partial charge in [-0.3, -0.25) is 0 Å². The van der Waals surface area contributed by atoms with Gasteiger partial charge in [0.2, 0.25) is 0 Å². The molecular weight excluding hydrogens is 997 g/mol. The fourth-order valence-electron chi connectivity index (χ4n) is 13.3. The number of hydrogen-bond acceptors (Lipinski definition) is 4. The van der Waals surface area contributed by atoms with Crippen molar-refractivity contribution < 1.29 is 8.78 Å². The van der Waals surface area contributed by atoms with Crippen molar-refractivity contribution >= 4 is 52.0 Å². The molecule has 0 radical (unpaired) electrons. The molecular formula is C62H92F2N4Se2. The van der Waals surface area contributed by atoms with Crippen LogP contribution in [0.4, 0.5) is 8.78 Å². The molecule has 2 aliphatic rings. The minimum absolute atomic E-state index is 0.163. The molecule has 386 valence electrons. The fourth-order valence-corrected chi connectivity index (χ4v) is 15.9. The fraction of sp³-hybridized carbons (Fsp3) is 0.710. The first-order chi connectivity index (χ1) is 34.3. The molecule has 8 heteroatoms. The first-order valence-electron chi connectivity index (χ1n) is 29.4. The Kier molecular flexibility index (Phi) is 22.1. The molecule has 0 unspecified atom stereocenters. The molecule has 5 aromatic rings. The van der Waals surface area contributed by atoms with Crippen LogP contribution in [-0.4, -0.2) is 45.8 Å². The number of benzene rings is 3. The molecule has 0 fully saturated rings. The zero-order chi connectivity index (χ0) is 49.4. The minimum atomic E-state index is -0.639. The van der Waals surface area contributed by atoms with E-state index in [0.717, 1.165) is 132 Å². The van der Waals surface area contributed by atoms with Crippen LogP contribution in [0.25, 0.3) is 44.3 Å². The number of unbranched alkanes of at least 4 members (excludes halogenated alkanes) is 28. The van der Waals surface area contributed by atoms with Crippen molar-refractivity contribution in [3.8, 4) is 22.3 Å². The number of halogens is 2. The summed E-state index contributed by atoms with van der Waals surface area (Å²) < 4.78 is 59.4. The van der Waals surface area contributed by atoms with Gasteiger partial charge in [0.05, 0.1) is 0 Å². The van der Waals surface area contributed by atoms with Crippen LogP contribution >= 0.6 is 0 Å². The first-order valence-corrected chi connectivity index (χ1v) is 32.5. The van der Waals surface area contributed by atoms with E-state index in [-0.39, 0.29) is 41.6 Å². The summed E-state index contributed by atoms with van der Waals surface area (Å²) in [6.07, 6.45) is 42.2. The van der Waals surface area contributed by atoms with Crippen molar-refractivity contribution in [3.05, 3.63) is 57.1 Å². The number of hydrogen-bond donors (Lipinski definition) is 0. The zero-order valence-electron chi connectivity index (χ0n) is 45.0. The molecule has 0 amide bonds. The molecule has 0 saturated carbocycles. The number of rotatable bonds is 36. The maximum absolute atomic E-state index is 19.6. The second-order valence-electron chi connectivity index (χ2n) is 22.3. The molecule has 0 atom stereocenters. The summed E-state index contributed by atoms with van der Waals surface area (Å²) in [5.74, 6) is -0.326. The minimum Gasteiger partial charge on any atom is -0.0654 e. The SMILES string of the molecule is CCCCCCCCCCC1(CCCCCCCCCC)c2cc(C)c3n[se]nc3c2-c2c(F)c3c(c(F)c21)-c1c(cc(C)c2n[se]nc12)C3(CCCCCCCCCC)CCCCCCCCCC. The molecule has 2 aromatic heterocycles. The van der Waals surface area contributed by atoms with Crippen molar-refractivity contribution in [2.45, 2.75) is 284 Å². The summed E-state index contributed by atoms with van der Waals surface area (Å²) in [5, 5.41) is 0. The second-order valence-corrected chi connectivity index (χ2v) is 24.6. The Bertz CT molecular complexity index is 2190. The first kappa shape index (κ1) is 55.5. The second kappa shape index (κ2) is 27.9. The molecule has 0 bridgehead atoms. The van der Waals surface area contributed by atoms with Gasteiger partial charge in [-0.2, -0.15) is 0 Å². The van der Waals surface area contributed by atoms with E-state index in [1.807, 2.05) is 0 Å². The van der Waals surface area contributed by atoms with E-state index in [1.165, 1.54) is 154 Å². The van der Waals surface area contributed by atoms with Crippen LogP contribution < -0.4 is 0 Å². The van der Waals surface area contributed by atoms with Gasteiger partial charge in [0.25, 0.3) is 0 Å². The van der Waals surface area contributed by atoms with Gasteiger partial charge >= 0.3 is 361 Å². The molecule has 70 heavy (non-hydrogen) atoms. The van der Waals surface area contributed by atoms with Crippen LogP contribution in [0.1, 0.15) is 292 Å². The molecule has 7 rings (SSSR count). The Balaban J connectivity index is 1.38. The van der Waals surface area contributed by atoms with Crippen LogP contribution in [0.2, 0.25) is 0 Å². The summed E-state index contributed by atoms with van der Waals surface area (Å²) in [6.45, 7) is 13.5. The summed E-state index contributed by atoms with van der Waals surface area (Å²) in [6, 6.07) is 4.65. The Labute approximate surface area is 437 Å². The number of aromatic nitrogens is 4. The van der Waals surface area contributed by atoms with Crippen molar-refractivity contribution in [1.82, 2.24) is 15.9 Å². The molecule has 4 nitrogen and oxygen atoms in total. The normalized spacial score (nSPS) is 14.3. The number of aryl methyl sites for hydroxylation is 2. The van der Waals surface area contributed by atoms with Crippen LogP contribution in [0.3, 0.4) is 0 Å². The quantitative estimate of drug-likeness (QED) is 0.0296. The molecule has 0 aliphatic heterocycles. The van der Waals surface area contributed by atoms with Gasteiger partial charge in [-0.25, -0.2) is 0 Å². The van der Waals surface area contributed by atoms with E-state index in [0.29, 0.717) is 22.3 Å². The third-order valence-corrected chi connectivity index (χ3v) is 19.4. The summed E-state index contributed by atoms with van der Waals surface area (Å²) in [4.78, 5) is 0. The van der Waals surface area contributed by atoms with Gasteiger partial charge in [0.1, 0.15) is 0 Å². The molecule has 2 aliphatic carbocycles.